The number of rotatable bonds is 4. The number of aromatic nitrogens is 3. The standard InChI is InChI=1S/C48H29N3S/c1-3-13-31(14-4-1)47-46-39(24-27-43-45(46)37-20-9-10-21-42(37)52-43)49-48(50-47)34-16-11-15-32(28-34)33-23-25-40-38(29-33)44-36-19-8-7-12-30(36)22-26-41(44)51(40)35-17-5-2-6-18-35/h1-29H. The Morgan fingerprint density at radius 3 is 2.00 bits per heavy atom. The van der Waals surface area contributed by atoms with E-state index in [1.54, 1.807) is 0 Å². The molecule has 0 atom stereocenters. The van der Waals surface area contributed by atoms with Crippen molar-refractivity contribution in [3.63, 3.8) is 0 Å². The fourth-order valence-electron chi connectivity index (χ4n) is 8.04. The zero-order chi connectivity index (χ0) is 34.2. The van der Waals surface area contributed by atoms with Crippen molar-refractivity contribution in [3.05, 3.63) is 176 Å². The molecule has 11 aromatic rings. The normalized spacial score (nSPS) is 11.8. The lowest BCUT2D eigenvalue weighted by atomic mass is 9.98. The number of hydrogen-bond donors (Lipinski definition) is 0. The van der Waals surface area contributed by atoms with Crippen molar-refractivity contribution in [2.75, 3.05) is 0 Å². The Morgan fingerprint density at radius 1 is 0.404 bits per heavy atom. The zero-order valence-corrected chi connectivity index (χ0v) is 28.8. The minimum absolute atomic E-state index is 0.722. The van der Waals surface area contributed by atoms with Gasteiger partial charge in [0.2, 0.25) is 0 Å². The van der Waals surface area contributed by atoms with Crippen LogP contribution in [0.25, 0.3) is 103 Å². The van der Waals surface area contributed by atoms with Crippen LogP contribution >= 0.6 is 11.3 Å². The second-order valence-electron chi connectivity index (χ2n) is 13.4. The Balaban J connectivity index is 1.12. The van der Waals surface area contributed by atoms with Gasteiger partial charge >= 0.3 is 0 Å². The van der Waals surface area contributed by atoms with Gasteiger partial charge in [0, 0.05) is 53.1 Å². The van der Waals surface area contributed by atoms with E-state index in [0.29, 0.717) is 0 Å². The van der Waals surface area contributed by atoms with Gasteiger partial charge in [-0.2, -0.15) is 0 Å². The molecule has 4 heteroatoms. The number of hydrogen-bond acceptors (Lipinski definition) is 3. The highest BCUT2D eigenvalue weighted by atomic mass is 32.1. The Morgan fingerprint density at radius 2 is 1.12 bits per heavy atom. The van der Waals surface area contributed by atoms with Gasteiger partial charge in [-0.15, -0.1) is 11.3 Å². The number of fused-ring (bicyclic) bond motifs is 10. The van der Waals surface area contributed by atoms with Crippen LogP contribution in [0.3, 0.4) is 0 Å². The maximum atomic E-state index is 5.36. The average molecular weight is 680 g/mol. The lowest BCUT2D eigenvalue weighted by Gasteiger charge is -2.12. The quantitative estimate of drug-likeness (QED) is 0.185. The maximum Gasteiger partial charge on any atom is 0.160 e. The summed E-state index contributed by atoms with van der Waals surface area (Å²) in [7, 11) is 0. The van der Waals surface area contributed by atoms with E-state index in [1.165, 1.54) is 52.8 Å². The fourth-order valence-corrected chi connectivity index (χ4v) is 9.15. The summed E-state index contributed by atoms with van der Waals surface area (Å²) < 4.78 is 4.91. The lowest BCUT2D eigenvalue weighted by Crippen LogP contribution is -1.96. The summed E-state index contributed by atoms with van der Waals surface area (Å²) in [5.41, 5.74) is 9.82. The van der Waals surface area contributed by atoms with Crippen LogP contribution in [0.4, 0.5) is 0 Å². The summed E-state index contributed by atoms with van der Waals surface area (Å²) in [6.07, 6.45) is 0. The van der Waals surface area contributed by atoms with Crippen molar-refractivity contribution < 1.29 is 0 Å². The van der Waals surface area contributed by atoms with E-state index in [1.807, 2.05) is 11.3 Å². The van der Waals surface area contributed by atoms with Crippen LogP contribution in [0.1, 0.15) is 0 Å². The maximum absolute atomic E-state index is 5.36. The SMILES string of the molecule is c1ccc(-c2nc(-c3cccc(-c4ccc5c(c4)c4c6ccccc6ccc4n5-c4ccccc4)c3)nc3ccc4sc5ccccc5c4c23)cc1. The van der Waals surface area contributed by atoms with Gasteiger partial charge in [-0.1, -0.05) is 121 Å². The summed E-state index contributed by atoms with van der Waals surface area (Å²) in [6, 6.07) is 63.0. The first kappa shape index (κ1) is 29.1. The minimum Gasteiger partial charge on any atom is -0.309 e. The van der Waals surface area contributed by atoms with Crippen LogP contribution in [0.2, 0.25) is 0 Å². The molecule has 0 radical (unpaired) electrons. The number of thiophene rings is 1. The second-order valence-corrected chi connectivity index (χ2v) is 14.4. The molecule has 8 aromatic carbocycles. The largest absolute Gasteiger partial charge is 0.309 e. The highest BCUT2D eigenvalue weighted by molar-refractivity contribution is 7.26. The summed E-state index contributed by atoms with van der Waals surface area (Å²) >= 11 is 1.83. The summed E-state index contributed by atoms with van der Waals surface area (Å²) in [6.45, 7) is 0. The molecule has 3 nitrogen and oxygen atoms in total. The lowest BCUT2D eigenvalue weighted by molar-refractivity contribution is 1.18. The van der Waals surface area contributed by atoms with Crippen LogP contribution in [-0.4, -0.2) is 14.5 Å². The van der Waals surface area contributed by atoms with Gasteiger partial charge < -0.3 is 4.57 Å². The number of para-hydroxylation sites is 1. The highest BCUT2D eigenvalue weighted by Gasteiger charge is 2.19. The Hall–Kier alpha value is -6.62. The molecule has 0 aliphatic rings. The molecule has 0 unspecified atom stereocenters. The van der Waals surface area contributed by atoms with E-state index < -0.39 is 0 Å². The van der Waals surface area contributed by atoms with E-state index in [-0.39, 0.29) is 0 Å². The first-order chi connectivity index (χ1) is 25.8. The van der Waals surface area contributed by atoms with E-state index in [9.17, 15) is 0 Å². The van der Waals surface area contributed by atoms with Gasteiger partial charge in [-0.05, 0) is 76.5 Å². The zero-order valence-electron chi connectivity index (χ0n) is 28.0. The molecule has 0 aliphatic carbocycles. The molecule has 0 saturated heterocycles. The molecule has 3 heterocycles. The summed E-state index contributed by atoms with van der Waals surface area (Å²) in [5, 5.41) is 8.59. The molecule has 11 rings (SSSR count). The van der Waals surface area contributed by atoms with Crippen LogP contribution < -0.4 is 0 Å². The second kappa shape index (κ2) is 11.5. The van der Waals surface area contributed by atoms with Crippen molar-refractivity contribution >= 4 is 75.0 Å². The fraction of sp³-hybridized carbons (Fsp3) is 0. The van der Waals surface area contributed by atoms with Gasteiger partial charge in [-0.3, -0.25) is 0 Å². The molecular formula is C48H29N3S. The Labute approximate surface area is 303 Å². The van der Waals surface area contributed by atoms with Gasteiger partial charge in [-0.25, -0.2) is 9.97 Å². The molecule has 0 spiro atoms. The smallest absolute Gasteiger partial charge is 0.160 e. The van der Waals surface area contributed by atoms with Crippen LogP contribution in [0.15, 0.2) is 176 Å². The van der Waals surface area contributed by atoms with Crippen LogP contribution in [0, 0.1) is 0 Å². The molecule has 3 aromatic heterocycles. The van der Waals surface area contributed by atoms with E-state index >= 15 is 0 Å². The molecule has 0 aliphatic heterocycles. The predicted octanol–water partition coefficient (Wildman–Crippen LogP) is 13.2. The van der Waals surface area contributed by atoms with Crippen molar-refractivity contribution in [3.8, 4) is 39.5 Å². The van der Waals surface area contributed by atoms with Gasteiger partial charge in [0.05, 0.1) is 22.2 Å². The van der Waals surface area contributed by atoms with Crippen molar-refractivity contribution in [1.82, 2.24) is 14.5 Å². The molecular weight excluding hydrogens is 651 g/mol. The average Bonchev–Trinajstić information content (AvgIpc) is 3.77. The molecule has 0 fully saturated rings. The van der Waals surface area contributed by atoms with Crippen LogP contribution in [0.5, 0.6) is 0 Å². The third kappa shape index (κ3) is 4.45. The first-order valence-electron chi connectivity index (χ1n) is 17.6. The predicted molar refractivity (Wildman–Crippen MR) is 221 cm³/mol. The third-order valence-electron chi connectivity index (χ3n) is 10.4. The van der Waals surface area contributed by atoms with E-state index in [0.717, 1.165) is 50.4 Å². The first-order valence-corrected chi connectivity index (χ1v) is 18.4. The molecule has 0 saturated carbocycles. The third-order valence-corrected chi connectivity index (χ3v) is 11.5. The molecule has 52 heavy (non-hydrogen) atoms. The van der Waals surface area contributed by atoms with Crippen LogP contribution in [-0.2, 0) is 0 Å². The molecule has 0 N–H and O–H groups in total. The highest BCUT2D eigenvalue weighted by Crippen LogP contribution is 2.43. The number of nitrogens with zero attached hydrogens (tertiary/aromatic N) is 3. The van der Waals surface area contributed by atoms with Crippen molar-refractivity contribution in [2.45, 2.75) is 0 Å². The summed E-state index contributed by atoms with van der Waals surface area (Å²) in [5.74, 6) is 0.722. The molecule has 0 bridgehead atoms. The molecule has 242 valence electrons. The minimum atomic E-state index is 0.722. The van der Waals surface area contributed by atoms with Gasteiger partial charge in [0.15, 0.2) is 5.82 Å². The number of benzene rings is 8. The monoisotopic (exact) mass is 679 g/mol. The van der Waals surface area contributed by atoms with Crippen molar-refractivity contribution in [2.24, 2.45) is 0 Å². The molecule has 0 amide bonds. The van der Waals surface area contributed by atoms with Gasteiger partial charge in [0.25, 0.3) is 0 Å². The Bertz CT molecular complexity index is 3180. The van der Waals surface area contributed by atoms with Crippen molar-refractivity contribution in [1.29, 1.82) is 0 Å². The summed E-state index contributed by atoms with van der Waals surface area (Å²) in [4.78, 5) is 10.6. The van der Waals surface area contributed by atoms with E-state index in [2.05, 4.69) is 180 Å². The topological polar surface area (TPSA) is 30.7 Å². The van der Waals surface area contributed by atoms with Gasteiger partial charge in [0.1, 0.15) is 0 Å². The van der Waals surface area contributed by atoms with E-state index in [4.69, 9.17) is 9.97 Å². The Kier molecular flexibility index (Phi) is 6.42.